The van der Waals surface area contributed by atoms with Crippen LogP contribution in [0.4, 0.5) is 11.4 Å². The largest absolute Gasteiger partial charge is 0.436 e. The van der Waals surface area contributed by atoms with Crippen molar-refractivity contribution in [2.45, 2.75) is 27.7 Å². The zero-order chi connectivity index (χ0) is 19.3. The molecule has 2 heterocycles. The summed E-state index contributed by atoms with van der Waals surface area (Å²) in [5, 5.41) is 0. The van der Waals surface area contributed by atoms with Gasteiger partial charge in [0.05, 0.1) is 5.56 Å². The lowest BCUT2D eigenvalue weighted by molar-refractivity contribution is 0.490. The Balaban J connectivity index is 1.78. The maximum Gasteiger partial charge on any atom is 0.229 e. The number of nitrogens with zero attached hydrogens (tertiary/aromatic N) is 3. The molecule has 0 radical (unpaired) electrons. The Hall–Kier alpha value is -3.21. The standard InChI is InChI=1S/C22H24N4O/c1-13-15(3)26(16(4)14(2)25(13)5)17-10-11-18(19(23)12-17)22-24-20-8-6-7-9-21(20)27-22/h6-12H,23H2,1-5H3. The summed E-state index contributed by atoms with van der Waals surface area (Å²) in [6, 6.07) is 13.8. The van der Waals surface area contributed by atoms with E-state index < -0.39 is 0 Å². The summed E-state index contributed by atoms with van der Waals surface area (Å²) in [7, 11) is 2.10. The van der Waals surface area contributed by atoms with Crippen LogP contribution in [-0.2, 0) is 0 Å². The highest BCUT2D eigenvalue weighted by atomic mass is 16.3. The zero-order valence-corrected chi connectivity index (χ0v) is 16.4. The van der Waals surface area contributed by atoms with E-state index >= 15 is 0 Å². The summed E-state index contributed by atoms with van der Waals surface area (Å²) in [6.07, 6.45) is 0. The van der Waals surface area contributed by atoms with Crippen LogP contribution in [0.5, 0.6) is 0 Å². The summed E-state index contributed by atoms with van der Waals surface area (Å²) < 4.78 is 5.88. The van der Waals surface area contributed by atoms with E-state index in [0.29, 0.717) is 11.6 Å². The molecule has 0 amide bonds. The Kier molecular flexibility index (Phi) is 3.95. The van der Waals surface area contributed by atoms with Crippen LogP contribution in [0, 0.1) is 0 Å². The monoisotopic (exact) mass is 360 g/mol. The lowest BCUT2D eigenvalue weighted by Gasteiger charge is -2.38. The van der Waals surface area contributed by atoms with Crippen LogP contribution in [-0.4, -0.2) is 16.9 Å². The van der Waals surface area contributed by atoms with Crippen molar-refractivity contribution < 1.29 is 4.42 Å². The van der Waals surface area contributed by atoms with Gasteiger partial charge in [-0.25, -0.2) is 4.98 Å². The van der Waals surface area contributed by atoms with Gasteiger partial charge in [0.25, 0.3) is 0 Å². The highest BCUT2D eigenvalue weighted by molar-refractivity contribution is 5.81. The number of anilines is 2. The van der Waals surface area contributed by atoms with Crippen molar-refractivity contribution in [2.75, 3.05) is 17.7 Å². The first-order chi connectivity index (χ1) is 12.9. The highest BCUT2D eigenvalue weighted by Crippen LogP contribution is 2.37. The Labute approximate surface area is 159 Å². The van der Waals surface area contributed by atoms with Crippen LogP contribution in [0.1, 0.15) is 27.7 Å². The fourth-order valence-electron chi connectivity index (χ4n) is 3.57. The summed E-state index contributed by atoms with van der Waals surface area (Å²) in [4.78, 5) is 9.03. The fourth-order valence-corrected chi connectivity index (χ4v) is 3.57. The molecule has 0 saturated heterocycles. The molecule has 138 valence electrons. The van der Waals surface area contributed by atoms with E-state index in [2.05, 4.69) is 55.6 Å². The van der Waals surface area contributed by atoms with Crippen LogP contribution in [0.25, 0.3) is 22.6 Å². The van der Waals surface area contributed by atoms with Gasteiger partial charge in [0.1, 0.15) is 5.52 Å². The first kappa shape index (κ1) is 17.2. The Morgan fingerprint density at radius 2 is 1.56 bits per heavy atom. The van der Waals surface area contributed by atoms with Gasteiger partial charge < -0.3 is 20.0 Å². The van der Waals surface area contributed by atoms with Crippen LogP contribution in [0.2, 0.25) is 0 Å². The first-order valence-electron chi connectivity index (χ1n) is 9.02. The smallest absolute Gasteiger partial charge is 0.229 e. The number of aromatic nitrogens is 1. The molecule has 0 bridgehead atoms. The second-order valence-electron chi connectivity index (χ2n) is 6.99. The number of nitrogens with two attached hydrogens (primary N) is 1. The molecule has 2 N–H and O–H groups in total. The number of hydrogen-bond acceptors (Lipinski definition) is 5. The first-order valence-corrected chi connectivity index (χ1v) is 9.02. The predicted molar refractivity (Wildman–Crippen MR) is 111 cm³/mol. The summed E-state index contributed by atoms with van der Waals surface area (Å²) in [5.41, 5.74) is 15.3. The number of nitrogen functional groups attached to an aromatic ring is 1. The van der Waals surface area contributed by atoms with Crippen molar-refractivity contribution in [2.24, 2.45) is 0 Å². The molecule has 5 nitrogen and oxygen atoms in total. The van der Waals surface area contributed by atoms with Gasteiger partial charge in [-0.1, -0.05) is 12.1 Å². The van der Waals surface area contributed by atoms with Crippen molar-refractivity contribution >= 4 is 22.5 Å². The molecule has 0 spiro atoms. The zero-order valence-electron chi connectivity index (χ0n) is 16.4. The molecule has 4 rings (SSSR count). The molecule has 1 aliphatic heterocycles. The van der Waals surface area contributed by atoms with Crippen LogP contribution < -0.4 is 10.6 Å². The molecule has 27 heavy (non-hydrogen) atoms. The van der Waals surface area contributed by atoms with Crippen molar-refractivity contribution in [3.05, 3.63) is 65.3 Å². The molecule has 0 atom stereocenters. The number of para-hydroxylation sites is 2. The van der Waals surface area contributed by atoms with Gasteiger partial charge in [-0.05, 0) is 58.0 Å². The number of allylic oxidation sites excluding steroid dienone is 4. The molecule has 0 fully saturated rings. The number of rotatable bonds is 2. The Morgan fingerprint density at radius 3 is 2.19 bits per heavy atom. The second kappa shape index (κ2) is 6.20. The summed E-state index contributed by atoms with van der Waals surface area (Å²) >= 11 is 0. The minimum Gasteiger partial charge on any atom is -0.436 e. The van der Waals surface area contributed by atoms with Gasteiger partial charge in [0.2, 0.25) is 5.89 Å². The van der Waals surface area contributed by atoms with Crippen LogP contribution >= 0.6 is 0 Å². The van der Waals surface area contributed by atoms with Gasteiger partial charge in [0, 0.05) is 41.2 Å². The molecule has 0 saturated carbocycles. The van der Waals surface area contributed by atoms with Gasteiger partial charge in [0.15, 0.2) is 5.58 Å². The van der Waals surface area contributed by atoms with Crippen molar-refractivity contribution in [3.8, 4) is 11.5 Å². The van der Waals surface area contributed by atoms with Crippen molar-refractivity contribution in [3.63, 3.8) is 0 Å². The summed E-state index contributed by atoms with van der Waals surface area (Å²) in [6.45, 7) is 8.53. The van der Waals surface area contributed by atoms with E-state index in [4.69, 9.17) is 10.2 Å². The maximum atomic E-state index is 6.40. The van der Waals surface area contributed by atoms with Crippen molar-refractivity contribution in [1.82, 2.24) is 9.88 Å². The number of fused-ring (bicyclic) bond motifs is 1. The van der Waals surface area contributed by atoms with Gasteiger partial charge in [-0.3, -0.25) is 0 Å². The van der Waals surface area contributed by atoms with Crippen molar-refractivity contribution in [1.29, 1.82) is 0 Å². The van der Waals surface area contributed by atoms with E-state index in [9.17, 15) is 0 Å². The van der Waals surface area contributed by atoms with E-state index in [0.717, 1.165) is 22.4 Å². The molecule has 1 aromatic heterocycles. The molecule has 0 unspecified atom stereocenters. The molecule has 0 aliphatic carbocycles. The normalized spacial score (nSPS) is 15.3. The quantitative estimate of drug-likeness (QED) is 0.626. The molecule has 3 aromatic rings. The molecular formula is C22H24N4O. The van der Waals surface area contributed by atoms with E-state index in [1.54, 1.807) is 0 Å². The minimum atomic E-state index is 0.547. The van der Waals surface area contributed by atoms with E-state index in [-0.39, 0.29) is 0 Å². The number of oxazole rings is 1. The van der Waals surface area contributed by atoms with Crippen LogP contribution in [0.3, 0.4) is 0 Å². The molecular weight excluding hydrogens is 336 g/mol. The maximum absolute atomic E-state index is 6.40. The second-order valence-corrected chi connectivity index (χ2v) is 6.99. The Bertz CT molecular complexity index is 1050. The third kappa shape index (κ3) is 2.67. The predicted octanol–water partition coefficient (Wildman–Crippen LogP) is 5.33. The lowest BCUT2D eigenvalue weighted by atomic mass is 10.1. The number of benzene rings is 2. The highest BCUT2D eigenvalue weighted by Gasteiger charge is 2.24. The Morgan fingerprint density at radius 1 is 0.889 bits per heavy atom. The van der Waals surface area contributed by atoms with Gasteiger partial charge >= 0.3 is 0 Å². The van der Waals surface area contributed by atoms with Gasteiger partial charge in [-0.2, -0.15) is 0 Å². The average Bonchev–Trinajstić information content (AvgIpc) is 3.09. The lowest BCUT2D eigenvalue weighted by Crippen LogP contribution is -2.32. The molecule has 1 aliphatic rings. The average molecular weight is 360 g/mol. The number of hydrogen-bond donors (Lipinski definition) is 1. The minimum absolute atomic E-state index is 0.547. The van der Waals surface area contributed by atoms with E-state index in [1.165, 1.54) is 22.8 Å². The topological polar surface area (TPSA) is 58.5 Å². The molecule has 2 aromatic carbocycles. The molecule has 5 heteroatoms. The fraction of sp³-hybridized carbons (Fsp3) is 0.227. The third-order valence-electron chi connectivity index (χ3n) is 5.54. The summed E-state index contributed by atoms with van der Waals surface area (Å²) in [5.74, 6) is 0.547. The third-order valence-corrected chi connectivity index (χ3v) is 5.54. The van der Waals surface area contributed by atoms with Gasteiger partial charge in [-0.15, -0.1) is 0 Å². The SMILES string of the molecule is CC1=C(C)N(c2ccc(-c3nc4ccccc4o3)c(N)c2)C(C)=C(C)N1C. The van der Waals surface area contributed by atoms with E-state index in [1.807, 2.05) is 36.4 Å². The van der Waals surface area contributed by atoms with Crippen LogP contribution in [0.15, 0.2) is 69.7 Å².